The molecule has 3 unspecified atom stereocenters. The molecule has 0 aliphatic rings. The topological polar surface area (TPSA) is 20.2 Å². The standard InChI is InChI=1S/C19H40O/c1-6-7-8-11-17(4)13-14-19(15-20)18(5)12-9-10-16(2)3/h16-20H,6-15H2,1-5H3. The Balaban J connectivity index is 3.83. The molecule has 1 nitrogen and oxygen atoms in total. The Labute approximate surface area is 128 Å². The number of aliphatic hydroxyl groups excluding tert-OH is 1. The molecule has 0 aromatic heterocycles. The van der Waals surface area contributed by atoms with Crippen molar-refractivity contribution in [2.75, 3.05) is 6.61 Å². The van der Waals surface area contributed by atoms with Crippen molar-refractivity contribution in [2.24, 2.45) is 23.7 Å². The molecule has 0 bridgehead atoms. The normalized spacial score (nSPS) is 16.4. The van der Waals surface area contributed by atoms with Crippen molar-refractivity contribution in [1.82, 2.24) is 0 Å². The number of hydrogen-bond donors (Lipinski definition) is 1. The summed E-state index contributed by atoms with van der Waals surface area (Å²) >= 11 is 0. The van der Waals surface area contributed by atoms with E-state index in [9.17, 15) is 5.11 Å². The minimum absolute atomic E-state index is 0.379. The van der Waals surface area contributed by atoms with Crippen molar-refractivity contribution in [2.45, 2.75) is 92.4 Å². The molecule has 0 aromatic rings. The average Bonchev–Trinajstić information content (AvgIpc) is 2.39. The van der Waals surface area contributed by atoms with E-state index in [4.69, 9.17) is 0 Å². The Morgan fingerprint density at radius 3 is 2.00 bits per heavy atom. The predicted molar refractivity (Wildman–Crippen MR) is 91.0 cm³/mol. The Bertz CT molecular complexity index is 200. The van der Waals surface area contributed by atoms with Gasteiger partial charge in [0.1, 0.15) is 0 Å². The van der Waals surface area contributed by atoms with Crippen LogP contribution in [0.15, 0.2) is 0 Å². The summed E-state index contributed by atoms with van der Waals surface area (Å²) in [6, 6.07) is 0. The molecule has 0 aromatic carbocycles. The van der Waals surface area contributed by atoms with Crippen LogP contribution in [-0.4, -0.2) is 11.7 Å². The van der Waals surface area contributed by atoms with E-state index >= 15 is 0 Å². The van der Waals surface area contributed by atoms with Gasteiger partial charge in [0.2, 0.25) is 0 Å². The molecule has 0 heterocycles. The van der Waals surface area contributed by atoms with Crippen molar-refractivity contribution in [3.05, 3.63) is 0 Å². The fourth-order valence-electron chi connectivity index (χ4n) is 3.03. The molecule has 0 rings (SSSR count). The van der Waals surface area contributed by atoms with E-state index in [1.165, 1.54) is 57.8 Å². The van der Waals surface area contributed by atoms with Crippen LogP contribution in [0.1, 0.15) is 92.4 Å². The lowest BCUT2D eigenvalue weighted by molar-refractivity contribution is 0.158. The van der Waals surface area contributed by atoms with E-state index in [-0.39, 0.29) is 0 Å². The minimum Gasteiger partial charge on any atom is -0.396 e. The molecule has 0 amide bonds. The number of aliphatic hydroxyl groups is 1. The fourth-order valence-corrected chi connectivity index (χ4v) is 3.03. The minimum atomic E-state index is 0.379. The molecule has 1 N–H and O–H groups in total. The molecule has 0 saturated carbocycles. The molecule has 3 atom stereocenters. The first kappa shape index (κ1) is 20.0. The Kier molecular flexibility index (Phi) is 12.7. The van der Waals surface area contributed by atoms with Crippen LogP contribution in [0.25, 0.3) is 0 Å². The second-order valence-corrected chi connectivity index (χ2v) is 7.42. The predicted octanol–water partition coefficient (Wildman–Crippen LogP) is 6.05. The lowest BCUT2D eigenvalue weighted by Gasteiger charge is -2.24. The largest absolute Gasteiger partial charge is 0.396 e. The molecule has 0 radical (unpaired) electrons. The van der Waals surface area contributed by atoms with E-state index < -0.39 is 0 Å². The van der Waals surface area contributed by atoms with E-state index in [1.54, 1.807) is 0 Å². The van der Waals surface area contributed by atoms with Crippen LogP contribution >= 0.6 is 0 Å². The van der Waals surface area contributed by atoms with Gasteiger partial charge in [0.25, 0.3) is 0 Å². The molecule has 0 fully saturated rings. The van der Waals surface area contributed by atoms with Gasteiger partial charge in [-0.3, -0.25) is 0 Å². The highest BCUT2D eigenvalue weighted by atomic mass is 16.3. The Morgan fingerprint density at radius 1 is 0.750 bits per heavy atom. The molecule has 20 heavy (non-hydrogen) atoms. The highest BCUT2D eigenvalue weighted by molar-refractivity contribution is 4.68. The highest BCUT2D eigenvalue weighted by Crippen LogP contribution is 2.26. The van der Waals surface area contributed by atoms with Crippen LogP contribution in [-0.2, 0) is 0 Å². The highest BCUT2D eigenvalue weighted by Gasteiger charge is 2.17. The second kappa shape index (κ2) is 12.7. The second-order valence-electron chi connectivity index (χ2n) is 7.42. The average molecular weight is 285 g/mol. The summed E-state index contributed by atoms with van der Waals surface area (Å²) in [5, 5.41) is 9.63. The molecule has 0 saturated heterocycles. The van der Waals surface area contributed by atoms with Gasteiger partial charge < -0.3 is 5.11 Å². The van der Waals surface area contributed by atoms with E-state index in [0.29, 0.717) is 18.4 Å². The lowest BCUT2D eigenvalue weighted by Crippen LogP contribution is -2.17. The van der Waals surface area contributed by atoms with E-state index in [1.807, 2.05) is 0 Å². The maximum absolute atomic E-state index is 9.63. The fraction of sp³-hybridized carbons (Fsp3) is 1.00. The van der Waals surface area contributed by atoms with Crippen molar-refractivity contribution in [3.63, 3.8) is 0 Å². The van der Waals surface area contributed by atoms with Crippen molar-refractivity contribution in [3.8, 4) is 0 Å². The maximum atomic E-state index is 9.63. The van der Waals surface area contributed by atoms with Crippen molar-refractivity contribution < 1.29 is 5.11 Å². The van der Waals surface area contributed by atoms with Gasteiger partial charge in [0.05, 0.1) is 0 Å². The molecule has 1 heteroatoms. The zero-order valence-electron chi connectivity index (χ0n) is 14.8. The van der Waals surface area contributed by atoms with Crippen LogP contribution in [0.2, 0.25) is 0 Å². The van der Waals surface area contributed by atoms with Crippen molar-refractivity contribution >= 4 is 0 Å². The zero-order valence-corrected chi connectivity index (χ0v) is 14.8. The Hall–Kier alpha value is -0.0400. The molecular formula is C19H40O. The number of unbranched alkanes of at least 4 members (excludes halogenated alkanes) is 2. The van der Waals surface area contributed by atoms with Gasteiger partial charge in [-0.25, -0.2) is 0 Å². The van der Waals surface area contributed by atoms with Gasteiger partial charge >= 0.3 is 0 Å². The number of hydrogen-bond acceptors (Lipinski definition) is 1. The van der Waals surface area contributed by atoms with Gasteiger partial charge in [-0.05, 0) is 30.1 Å². The first-order chi connectivity index (χ1) is 9.51. The summed E-state index contributed by atoms with van der Waals surface area (Å²) in [6.45, 7) is 12.0. The third-order valence-electron chi connectivity index (χ3n) is 4.81. The monoisotopic (exact) mass is 284 g/mol. The molecule has 0 aliphatic carbocycles. The molecular weight excluding hydrogens is 244 g/mol. The van der Waals surface area contributed by atoms with Crippen LogP contribution in [0, 0.1) is 23.7 Å². The van der Waals surface area contributed by atoms with Crippen LogP contribution in [0.3, 0.4) is 0 Å². The zero-order chi connectivity index (χ0) is 15.4. The van der Waals surface area contributed by atoms with Gasteiger partial charge in [0.15, 0.2) is 0 Å². The lowest BCUT2D eigenvalue weighted by atomic mass is 9.83. The third-order valence-corrected chi connectivity index (χ3v) is 4.81. The summed E-state index contributed by atoms with van der Waals surface area (Å²) in [4.78, 5) is 0. The summed E-state index contributed by atoms with van der Waals surface area (Å²) in [6.07, 6.45) is 11.9. The van der Waals surface area contributed by atoms with Gasteiger partial charge in [-0.2, -0.15) is 0 Å². The summed E-state index contributed by atoms with van der Waals surface area (Å²) in [5.74, 6) is 2.85. The van der Waals surface area contributed by atoms with Gasteiger partial charge in [-0.15, -0.1) is 0 Å². The van der Waals surface area contributed by atoms with Crippen LogP contribution in [0.5, 0.6) is 0 Å². The van der Waals surface area contributed by atoms with E-state index in [0.717, 1.165) is 11.8 Å². The van der Waals surface area contributed by atoms with Crippen LogP contribution in [0.4, 0.5) is 0 Å². The first-order valence-electron chi connectivity index (χ1n) is 9.12. The third kappa shape index (κ3) is 10.7. The smallest absolute Gasteiger partial charge is 0.0461 e. The van der Waals surface area contributed by atoms with Gasteiger partial charge in [-0.1, -0.05) is 86.0 Å². The Morgan fingerprint density at radius 2 is 1.45 bits per heavy atom. The maximum Gasteiger partial charge on any atom is 0.0461 e. The van der Waals surface area contributed by atoms with Crippen molar-refractivity contribution in [1.29, 1.82) is 0 Å². The molecule has 122 valence electrons. The van der Waals surface area contributed by atoms with E-state index in [2.05, 4.69) is 34.6 Å². The van der Waals surface area contributed by atoms with Crippen LogP contribution < -0.4 is 0 Å². The summed E-state index contributed by atoms with van der Waals surface area (Å²) in [7, 11) is 0. The first-order valence-corrected chi connectivity index (χ1v) is 9.12. The summed E-state index contributed by atoms with van der Waals surface area (Å²) < 4.78 is 0. The molecule has 0 aliphatic heterocycles. The number of rotatable bonds is 13. The summed E-state index contributed by atoms with van der Waals surface area (Å²) in [5.41, 5.74) is 0. The quantitative estimate of drug-likeness (QED) is 0.408. The SMILES string of the molecule is CCCCCC(C)CCC(CO)C(C)CCCC(C)C. The van der Waals surface area contributed by atoms with Gasteiger partial charge in [0, 0.05) is 6.61 Å². The molecule has 0 spiro atoms.